The molecule has 0 radical (unpaired) electrons. The summed E-state index contributed by atoms with van der Waals surface area (Å²) < 4.78 is 1.74. The Bertz CT molecular complexity index is 676. The van der Waals surface area contributed by atoms with Crippen LogP contribution in [0.25, 0.3) is 0 Å². The van der Waals surface area contributed by atoms with Crippen LogP contribution >= 0.6 is 0 Å². The molecule has 5 heteroatoms. The van der Waals surface area contributed by atoms with E-state index >= 15 is 0 Å². The van der Waals surface area contributed by atoms with Gasteiger partial charge in [0, 0.05) is 6.54 Å². The summed E-state index contributed by atoms with van der Waals surface area (Å²) >= 11 is 0. The van der Waals surface area contributed by atoms with Crippen LogP contribution in [0.15, 0.2) is 43.0 Å². The number of carbonyl (C=O) groups is 1. The lowest BCUT2D eigenvalue weighted by Crippen LogP contribution is -2.39. The van der Waals surface area contributed by atoms with Crippen LogP contribution in [-0.4, -0.2) is 27.2 Å². The average Bonchev–Trinajstić information content (AvgIpc) is 2.93. The SMILES string of the molecule is O=C(NCCn1cncn1)[C@@]1(c2ccccc2)CC12CCCC2. The molecule has 0 saturated heterocycles. The summed E-state index contributed by atoms with van der Waals surface area (Å²) in [5, 5.41) is 7.22. The third kappa shape index (κ3) is 2.26. The Morgan fingerprint density at radius 2 is 2.00 bits per heavy atom. The fourth-order valence-corrected chi connectivity index (χ4v) is 4.48. The van der Waals surface area contributed by atoms with E-state index in [9.17, 15) is 4.79 Å². The summed E-state index contributed by atoms with van der Waals surface area (Å²) in [6.45, 7) is 1.25. The average molecular weight is 310 g/mol. The highest BCUT2D eigenvalue weighted by atomic mass is 16.2. The van der Waals surface area contributed by atoms with Gasteiger partial charge in [0.15, 0.2) is 0 Å². The summed E-state index contributed by atoms with van der Waals surface area (Å²) in [5.41, 5.74) is 1.07. The molecule has 0 bridgehead atoms. The smallest absolute Gasteiger partial charge is 0.231 e. The fraction of sp³-hybridized carbons (Fsp3) is 0.500. The summed E-state index contributed by atoms with van der Waals surface area (Å²) in [4.78, 5) is 17.0. The van der Waals surface area contributed by atoms with Crippen molar-refractivity contribution in [3.8, 4) is 0 Å². The van der Waals surface area contributed by atoms with E-state index in [0.717, 1.165) is 6.42 Å². The Hall–Kier alpha value is -2.17. The molecule has 2 saturated carbocycles. The predicted octanol–water partition coefficient (Wildman–Crippen LogP) is 2.30. The maximum atomic E-state index is 13.1. The highest BCUT2D eigenvalue weighted by Gasteiger charge is 2.72. The lowest BCUT2D eigenvalue weighted by Gasteiger charge is -2.22. The molecule has 120 valence electrons. The van der Waals surface area contributed by atoms with Crippen LogP contribution in [-0.2, 0) is 16.8 Å². The number of aromatic nitrogens is 3. The van der Waals surface area contributed by atoms with Crippen LogP contribution in [0, 0.1) is 5.41 Å². The molecular formula is C18H22N4O. The predicted molar refractivity (Wildman–Crippen MR) is 86.7 cm³/mol. The second-order valence-electron chi connectivity index (χ2n) is 6.85. The van der Waals surface area contributed by atoms with Crippen LogP contribution in [0.2, 0.25) is 0 Å². The van der Waals surface area contributed by atoms with Gasteiger partial charge in [0.2, 0.25) is 5.91 Å². The first-order chi connectivity index (χ1) is 11.3. The van der Waals surface area contributed by atoms with Crippen LogP contribution in [0.4, 0.5) is 0 Å². The highest BCUT2D eigenvalue weighted by molar-refractivity contribution is 5.93. The minimum atomic E-state index is -0.312. The lowest BCUT2D eigenvalue weighted by atomic mass is 9.84. The van der Waals surface area contributed by atoms with Crippen molar-refractivity contribution >= 4 is 5.91 Å². The largest absolute Gasteiger partial charge is 0.353 e. The third-order valence-electron chi connectivity index (χ3n) is 5.69. The first-order valence-electron chi connectivity index (χ1n) is 8.43. The number of carbonyl (C=O) groups excluding carboxylic acids is 1. The van der Waals surface area contributed by atoms with E-state index in [1.54, 1.807) is 11.0 Å². The van der Waals surface area contributed by atoms with Gasteiger partial charge in [-0.05, 0) is 30.2 Å². The molecular weight excluding hydrogens is 288 g/mol. The van der Waals surface area contributed by atoms with Gasteiger partial charge in [0.1, 0.15) is 12.7 Å². The van der Waals surface area contributed by atoms with Gasteiger partial charge >= 0.3 is 0 Å². The van der Waals surface area contributed by atoms with Crippen molar-refractivity contribution in [2.45, 2.75) is 44.1 Å². The normalized spacial score (nSPS) is 24.7. The van der Waals surface area contributed by atoms with Crippen LogP contribution < -0.4 is 5.32 Å². The van der Waals surface area contributed by atoms with E-state index in [1.165, 1.54) is 37.6 Å². The van der Waals surface area contributed by atoms with E-state index in [1.807, 2.05) is 18.2 Å². The van der Waals surface area contributed by atoms with Crippen LogP contribution in [0.5, 0.6) is 0 Å². The minimum absolute atomic E-state index is 0.186. The molecule has 1 aromatic carbocycles. The Labute approximate surface area is 136 Å². The molecule has 1 heterocycles. The quantitative estimate of drug-likeness (QED) is 0.922. The summed E-state index contributed by atoms with van der Waals surface area (Å²) in [6.07, 6.45) is 9.05. The van der Waals surface area contributed by atoms with Crippen molar-refractivity contribution in [2.24, 2.45) is 5.41 Å². The summed E-state index contributed by atoms with van der Waals surface area (Å²) in [7, 11) is 0. The van der Waals surface area contributed by atoms with Crippen LogP contribution in [0.1, 0.15) is 37.7 Å². The van der Waals surface area contributed by atoms with E-state index < -0.39 is 0 Å². The summed E-state index contributed by atoms with van der Waals surface area (Å²) in [5.74, 6) is 0.186. The second-order valence-corrected chi connectivity index (χ2v) is 6.85. The monoisotopic (exact) mass is 310 g/mol. The Morgan fingerprint density at radius 3 is 2.70 bits per heavy atom. The van der Waals surface area contributed by atoms with Gasteiger partial charge in [-0.3, -0.25) is 9.48 Å². The van der Waals surface area contributed by atoms with Gasteiger partial charge < -0.3 is 5.32 Å². The molecule has 0 aliphatic heterocycles. The van der Waals surface area contributed by atoms with Gasteiger partial charge in [-0.25, -0.2) is 4.98 Å². The number of nitrogens with zero attached hydrogens (tertiary/aromatic N) is 3. The Kier molecular flexibility index (Phi) is 3.43. The van der Waals surface area contributed by atoms with Crippen molar-refractivity contribution in [1.29, 1.82) is 0 Å². The van der Waals surface area contributed by atoms with Crippen molar-refractivity contribution in [1.82, 2.24) is 20.1 Å². The van der Waals surface area contributed by atoms with Crippen molar-refractivity contribution < 1.29 is 4.79 Å². The molecule has 1 spiro atoms. The van der Waals surface area contributed by atoms with Crippen molar-refractivity contribution in [3.63, 3.8) is 0 Å². The van der Waals surface area contributed by atoms with Gasteiger partial charge in [-0.15, -0.1) is 0 Å². The molecule has 1 N–H and O–H groups in total. The molecule has 1 aromatic heterocycles. The van der Waals surface area contributed by atoms with Gasteiger partial charge in [0.25, 0.3) is 0 Å². The molecule has 23 heavy (non-hydrogen) atoms. The third-order valence-corrected chi connectivity index (χ3v) is 5.69. The number of hydrogen-bond donors (Lipinski definition) is 1. The fourth-order valence-electron chi connectivity index (χ4n) is 4.48. The molecule has 2 fully saturated rings. The zero-order valence-electron chi connectivity index (χ0n) is 13.2. The van der Waals surface area contributed by atoms with E-state index in [-0.39, 0.29) is 16.7 Å². The van der Waals surface area contributed by atoms with Crippen LogP contribution in [0.3, 0.4) is 0 Å². The Morgan fingerprint density at radius 1 is 1.22 bits per heavy atom. The molecule has 2 aliphatic carbocycles. The second kappa shape index (κ2) is 5.48. The highest BCUT2D eigenvalue weighted by Crippen LogP contribution is 2.72. The maximum absolute atomic E-state index is 13.1. The molecule has 1 atom stereocenters. The van der Waals surface area contributed by atoms with E-state index in [4.69, 9.17) is 0 Å². The first kappa shape index (κ1) is 14.4. The van der Waals surface area contributed by atoms with E-state index in [0.29, 0.717) is 13.1 Å². The molecule has 1 amide bonds. The topological polar surface area (TPSA) is 59.8 Å². The molecule has 0 unspecified atom stereocenters. The molecule has 5 nitrogen and oxygen atoms in total. The van der Waals surface area contributed by atoms with Gasteiger partial charge in [0.05, 0.1) is 12.0 Å². The maximum Gasteiger partial charge on any atom is 0.231 e. The lowest BCUT2D eigenvalue weighted by molar-refractivity contribution is -0.124. The minimum Gasteiger partial charge on any atom is -0.353 e. The standard InChI is InChI=1S/C18H22N4O/c23-16(20-10-11-22-14-19-13-21-22)18(15-6-2-1-3-7-15)12-17(18)8-4-5-9-17/h1-3,6-7,13-14H,4-5,8-12H2,(H,20,23)/t18-/m0/s1. The summed E-state index contributed by atoms with van der Waals surface area (Å²) in [6, 6.07) is 10.3. The zero-order chi connectivity index (χ0) is 15.8. The van der Waals surface area contributed by atoms with Crippen molar-refractivity contribution in [3.05, 3.63) is 48.5 Å². The Balaban J connectivity index is 1.51. The van der Waals surface area contributed by atoms with Gasteiger partial charge in [-0.2, -0.15) is 5.10 Å². The first-order valence-corrected chi connectivity index (χ1v) is 8.43. The molecule has 2 aromatic rings. The van der Waals surface area contributed by atoms with Gasteiger partial charge in [-0.1, -0.05) is 43.2 Å². The number of hydrogen-bond acceptors (Lipinski definition) is 3. The van der Waals surface area contributed by atoms with E-state index in [2.05, 4.69) is 27.5 Å². The molecule has 4 rings (SSSR count). The zero-order valence-corrected chi connectivity index (χ0v) is 13.2. The number of nitrogens with one attached hydrogen (secondary N) is 1. The van der Waals surface area contributed by atoms with Crippen molar-refractivity contribution in [2.75, 3.05) is 6.54 Å². The number of benzene rings is 1. The molecule has 2 aliphatic rings. The number of amides is 1. The number of rotatable bonds is 5.